The van der Waals surface area contributed by atoms with Crippen molar-refractivity contribution in [3.8, 4) is 0 Å². The largest absolute Gasteiger partial charge is 0.534 e. The average molecular weight is 389 g/mol. The Balaban J connectivity index is 2.38. The minimum absolute atomic E-state index is 0.0493. The molecule has 1 fully saturated rings. The summed E-state index contributed by atoms with van der Waals surface area (Å²) in [6, 6.07) is -1.15. The van der Waals surface area contributed by atoms with Crippen LogP contribution in [0.4, 0.5) is 13.2 Å². The van der Waals surface area contributed by atoms with Gasteiger partial charge in [0.15, 0.2) is 0 Å². The number of ether oxygens (including phenoxy) is 3. The van der Waals surface area contributed by atoms with Crippen molar-refractivity contribution < 1.29 is 44.8 Å². The van der Waals surface area contributed by atoms with Crippen molar-refractivity contribution in [3.05, 3.63) is 11.3 Å². The molecule has 0 N–H and O–H groups in total. The molecule has 0 spiro atoms. The molecule has 25 heavy (non-hydrogen) atoms. The predicted octanol–water partition coefficient (Wildman–Crippen LogP) is 0.745. The van der Waals surface area contributed by atoms with Gasteiger partial charge in [-0.15, -0.1) is 0 Å². The van der Waals surface area contributed by atoms with Crippen LogP contribution in [-0.2, 0) is 33.3 Å². The van der Waals surface area contributed by atoms with Gasteiger partial charge in [0.2, 0.25) is 0 Å². The van der Waals surface area contributed by atoms with E-state index in [1.54, 1.807) is 11.9 Å². The fourth-order valence-electron chi connectivity index (χ4n) is 3.07. The predicted molar refractivity (Wildman–Crippen MR) is 76.4 cm³/mol. The number of rotatable bonds is 6. The number of esters is 1. The third kappa shape index (κ3) is 3.76. The zero-order chi connectivity index (χ0) is 19.0. The van der Waals surface area contributed by atoms with Crippen LogP contribution in [0.15, 0.2) is 11.3 Å². The van der Waals surface area contributed by atoms with Crippen LogP contribution in [-0.4, -0.2) is 71.0 Å². The van der Waals surface area contributed by atoms with E-state index >= 15 is 0 Å². The second kappa shape index (κ2) is 7.09. The van der Waals surface area contributed by atoms with E-state index in [0.29, 0.717) is 0 Å². The Bertz CT molecular complexity index is 661. The van der Waals surface area contributed by atoms with Crippen LogP contribution in [0.25, 0.3) is 0 Å². The van der Waals surface area contributed by atoms with Crippen LogP contribution in [0.2, 0.25) is 0 Å². The Kier molecular flexibility index (Phi) is 5.66. The molecule has 0 radical (unpaired) electrons. The van der Waals surface area contributed by atoms with Gasteiger partial charge in [-0.1, -0.05) is 0 Å². The lowest BCUT2D eigenvalue weighted by atomic mass is 10.0. The summed E-state index contributed by atoms with van der Waals surface area (Å²) in [5.74, 6) is -1.52. The van der Waals surface area contributed by atoms with Crippen LogP contribution in [0.5, 0.6) is 0 Å². The van der Waals surface area contributed by atoms with Crippen molar-refractivity contribution in [2.75, 3.05) is 28.1 Å². The molecule has 0 aromatic rings. The maximum Gasteiger partial charge on any atom is 0.534 e. The van der Waals surface area contributed by atoms with Crippen molar-refractivity contribution >= 4 is 16.1 Å². The number of hydrogen-bond donors (Lipinski definition) is 0. The van der Waals surface area contributed by atoms with Crippen molar-refractivity contribution in [2.24, 2.45) is 0 Å². The summed E-state index contributed by atoms with van der Waals surface area (Å²) >= 11 is 0. The molecule has 2 heterocycles. The van der Waals surface area contributed by atoms with Gasteiger partial charge in [-0.25, -0.2) is 4.79 Å². The second-order valence-corrected chi connectivity index (χ2v) is 7.15. The molecular formula is C13H18F3NO7S. The number of methoxy groups -OCH3 is 2. The normalized spacial score (nSPS) is 27.5. The summed E-state index contributed by atoms with van der Waals surface area (Å²) in [6.07, 6.45) is -0.459. The zero-order valence-corrected chi connectivity index (χ0v) is 14.5. The first-order chi connectivity index (χ1) is 11.5. The third-order valence-electron chi connectivity index (χ3n) is 4.23. The minimum atomic E-state index is -5.89. The minimum Gasteiger partial charge on any atom is -0.466 e. The average Bonchev–Trinajstić information content (AvgIpc) is 2.71. The lowest BCUT2D eigenvalue weighted by Gasteiger charge is -2.33. The van der Waals surface area contributed by atoms with E-state index in [1.807, 2.05) is 0 Å². The fraction of sp³-hybridized carbons (Fsp3) is 0.769. The highest BCUT2D eigenvalue weighted by atomic mass is 32.2. The number of likely N-dealkylation sites (N-methyl/N-ethyl adjacent to an activating group) is 1. The Hall–Kier alpha value is -1.37. The molecule has 0 amide bonds. The van der Waals surface area contributed by atoms with Crippen molar-refractivity contribution in [1.29, 1.82) is 0 Å². The van der Waals surface area contributed by atoms with Crippen LogP contribution < -0.4 is 0 Å². The molecule has 1 saturated heterocycles. The highest BCUT2D eigenvalue weighted by molar-refractivity contribution is 7.87. The molecule has 0 saturated carbocycles. The Morgan fingerprint density at radius 2 is 1.96 bits per heavy atom. The van der Waals surface area contributed by atoms with Gasteiger partial charge in [0.05, 0.1) is 18.8 Å². The van der Waals surface area contributed by atoms with Crippen LogP contribution >= 0.6 is 0 Å². The Labute approximate surface area is 142 Å². The summed E-state index contributed by atoms with van der Waals surface area (Å²) in [4.78, 5) is 13.8. The van der Waals surface area contributed by atoms with Crippen LogP contribution in [0.1, 0.15) is 12.8 Å². The molecule has 8 nitrogen and oxygen atoms in total. The van der Waals surface area contributed by atoms with Gasteiger partial charge in [-0.3, -0.25) is 4.90 Å². The number of carbonyl (C=O) groups excluding carboxylic acids is 1. The van der Waals surface area contributed by atoms with Gasteiger partial charge in [0.1, 0.15) is 12.6 Å². The van der Waals surface area contributed by atoms with E-state index in [4.69, 9.17) is 9.47 Å². The number of alkyl halides is 3. The molecule has 2 bridgehead atoms. The van der Waals surface area contributed by atoms with Gasteiger partial charge < -0.3 is 18.4 Å². The van der Waals surface area contributed by atoms with Crippen molar-refractivity contribution in [1.82, 2.24) is 4.90 Å². The second-order valence-electron chi connectivity index (χ2n) is 5.61. The third-order valence-corrected chi connectivity index (χ3v) is 5.21. The summed E-state index contributed by atoms with van der Waals surface area (Å²) in [5.41, 5.74) is -5.85. The fourth-order valence-corrected chi connectivity index (χ4v) is 3.59. The van der Waals surface area contributed by atoms with Crippen LogP contribution in [0, 0.1) is 0 Å². The van der Waals surface area contributed by atoms with E-state index in [0.717, 1.165) is 7.11 Å². The summed E-state index contributed by atoms with van der Waals surface area (Å²) in [7, 11) is -1.78. The number of fused-ring (bicyclic) bond motifs is 2. The Morgan fingerprint density at radius 3 is 2.48 bits per heavy atom. The zero-order valence-electron chi connectivity index (χ0n) is 13.7. The van der Waals surface area contributed by atoms with Crippen LogP contribution in [0.3, 0.4) is 0 Å². The molecule has 12 heteroatoms. The number of halogens is 3. The smallest absolute Gasteiger partial charge is 0.466 e. The quantitative estimate of drug-likeness (QED) is 0.284. The lowest BCUT2D eigenvalue weighted by Crippen LogP contribution is -2.44. The first-order valence-corrected chi connectivity index (χ1v) is 8.59. The van der Waals surface area contributed by atoms with E-state index in [-0.39, 0.29) is 25.2 Å². The summed E-state index contributed by atoms with van der Waals surface area (Å²) in [5, 5.41) is 0. The lowest BCUT2D eigenvalue weighted by molar-refractivity contribution is -0.137. The number of hydrogen-bond acceptors (Lipinski definition) is 8. The molecule has 0 aliphatic carbocycles. The Morgan fingerprint density at radius 1 is 1.32 bits per heavy atom. The van der Waals surface area contributed by atoms with Gasteiger partial charge >= 0.3 is 21.6 Å². The van der Waals surface area contributed by atoms with Gasteiger partial charge in [-0.05, 0) is 13.5 Å². The van der Waals surface area contributed by atoms with Gasteiger partial charge in [-0.2, -0.15) is 21.6 Å². The highest BCUT2D eigenvalue weighted by Crippen LogP contribution is 2.42. The summed E-state index contributed by atoms with van der Waals surface area (Å²) in [6.45, 7) is -0.0493. The highest BCUT2D eigenvalue weighted by Gasteiger charge is 2.53. The molecule has 144 valence electrons. The first kappa shape index (κ1) is 19.9. The molecule has 2 aliphatic rings. The van der Waals surface area contributed by atoms with E-state index in [9.17, 15) is 26.4 Å². The molecule has 3 atom stereocenters. The number of carbonyl (C=O) groups is 1. The van der Waals surface area contributed by atoms with Crippen molar-refractivity contribution in [2.45, 2.75) is 36.5 Å². The summed E-state index contributed by atoms with van der Waals surface area (Å²) < 4.78 is 79.7. The first-order valence-electron chi connectivity index (χ1n) is 7.18. The molecule has 0 aromatic carbocycles. The van der Waals surface area contributed by atoms with Crippen molar-refractivity contribution in [3.63, 3.8) is 0 Å². The molecule has 0 aromatic heterocycles. The van der Waals surface area contributed by atoms with E-state index in [1.165, 1.54) is 7.11 Å². The maximum atomic E-state index is 12.6. The molecule has 2 rings (SSSR count). The number of nitrogens with zero attached hydrogens (tertiary/aromatic N) is 1. The van der Waals surface area contributed by atoms with Gasteiger partial charge in [0, 0.05) is 25.6 Å². The molecule has 3 unspecified atom stereocenters. The van der Waals surface area contributed by atoms with E-state index in [2.05, 4.69) is 8.92 Å². The molecule has 2 aliphatic heterocycles. The maximum absolute atomic E-state index is 12.6. The monoisotopic (exact) mass is 389 g/mol. The molecular weight excluding hydrogens is 371 g/mol. The standard InChI is InChI=1S/C13H18F3NO7S/c1-17-7-4-10(24-25(19,20)13(14,15)16)11(12(18)22-3)8(17)5-9(7)23-6-21-2/h7-9H,4-6H2,1-3H3. The topological polar surface area (TPSA) is 91.4 Å². The SMILES string of the molecule is COCOC1CC2C(C(=O)OC)=C(OS(=O)(=O)C(F)(F)F)CC1N2C. The van der Waals surface area contributed by atoms with Gasteiger partial charge in [0.25, 0.3) is 0 Å². The van der Waals surface area contributed by atoms with E-state index < -0.39 is 45.5 Å².